The summed E-state index contributed by atoms with van der Waals surface area (Å²) in [6.45, 7) is 14.8. The average molecular weight is 297 g/mol. The fourth-order valence-electron chi connectivity index (χ4n) is 2.98. The van der Waals surface area contributed by atoms with E-state index in [2.05, 4.69) is 43.2 Å². The van der Waals surface area contributed by atoms with Gasteiger partial charge in [0.25, 0.3) is 0 Å². The maximum atomic E-state index is 12.3. The Bertz CT molecular complexity index is 298. The van der Waals surface area contributed by atoms with Gasteiger partial charge in [-0.3, -0.25) is 9.69 Å². The van der Waals surface area contributed by atoms with Gasteiger partial charge >= 0.3 is 0 Å². The predicted molar refractivity (Wildman–Crippen MR) is 89.4 cm³/mol. The van der Waals surface area contributed by atoms with Crippen LogP contribution in [0.25, 0.3) is 0 Å². The minimum atomic E-state index is -0.0425. The van der Waals surface area contributed by atoms with E-state index in [1.54, 1.807) is 0 Å². The first-order valence-corrected chi connectivity index (χ1v) is 8.66. The number of nitrogens with zero attached hydrogens (tertiary/aromatic N) is 1. The molecule has 2 N–H and O–H groups in total. The van der Waals surface area contributed by atoms with Gasteiger partial charge in [0.15, 0.2) is 0 Å². The molecule has 1 saturated heterocycles. The second-order valence-corrected chi connectivity index (χ2v) is 7.15. The van der Waals surface area contributed by atoms with Gasteiger partial charge in [0, 0.05) is 19.1 Å². The fourth-order valence-corrected chi connectivity index (χ4v) is 2.98. The van der Waals surface area contributed by atoms with Crippen LogP contribution >= 0.6 is 0 Å². The molecule has 1 heterocycles. The molecular weight excluding hydrogens is 262 g/mol. The van der Waals surface area contributed by atoms with Gasteiger partial charge in [-0.2, -0.15) is 0 Å². The molecule has 0 spiro atoms. The van der Waals surface area contributed by atoms with E-state index in [1.807, 2.05) is 6.92 Å². The van der Waals surface area contributed by atoms with Gasteiger partial charge in [-0.05, 0) is 65.0 Å². The summed E-state index contributed by atoms with van der Waals surface area (Å²) < 4.78 is 0. The Kier molecular flexibility index (Phi) is 8.27. The Morgan fingerprint density at radius 2 is 2.00 bits per heavy atom. The highest BCUT2D eigenvalue weighted by Crippen LogP contribution is 2.16. The van der Waals surface area contributed by atoms with Crippen LogP contribution in [-0.4, -0.2) is 49.1 Å². The SMILES string of the molecule is CC(C)CCNC(=O)C(C)N(CC1CCCNC1)C(C)C. The van der Waals surface area contributed by atoms with Gasteiger partial charge < -0.3 is 10.6 Å². The minimum absolute atomic E-state index is 0.0425. The number of hydrogen-bond donors (Lipinski definition) is 2. The molecule has 21 heavy (non-hydrogen) atoms. The van der Waals surface area contributed by atoms with Gasteiger partial charge in [0.1, 0.15) is 0 Å². The van der Waals surface area contributed by atoms with Crippen molar-refractivity contribution in [3.63, 3.8) is 0 Å². The monoisotopic (exact) mass is 297 g/mol. The highest BCUT2D eigenvalue weighted by Gasteiger charge is 2.26. The van der Waals surface area contributed by atoms with Crippen LogP contribution in [0.5, 0.6) is 0 Å². The molecule has 0 aliphatic carbocycles. The van der Waals surface area contributed by atoms with E-state index < -0.39 is 0 Å². The Balaban J connectivity index is 2.47. The van der Waals surface area contributed by atoms with Gasteiger partial charge in [0.05, 0.1) is 6.04 Å². The minimum Gasteiger partial charge on any atom is -0.355 e. The summed E-state index contributed by atoms with van der Waals surface area (Å²) in [6.07, 6.45) is 3.58. The number of nitrogens with one attached hydrogen (secondary N) is 2. The van der Waals surface area contributed by atoms with Crippen molar-refractivity contribution in [2.45, 2.75) is 66.0 Å². The van der Waals surface area contributed by atoms with Crippen LogP contribution in [0, 0.1) is 11.8 Å². The number of rotatable bonds is 8. The normalized spacial score (nSPS) is 21.0. The molecular formula is C17H35N3O. The molecule has 0 aromatic rings. The summed E-state index contributed by atoms with van der Waals surface area (Å²) in [5.74, 6) is 1.48. The highest BCUT2D eigenvalue weighted by atomic mass is 16.2. The first-order valence-electron chi connectivity index (χ1n) is 8.66. The summed E-state index contributed by atoms with van der Waals surface area (Å²) >= 11 is 0. The molecule has 0 aromatic carbocycles. The summed E-state index contributed by atoms with van der Waals surface area (Å²) in [4.78, 5) is 14.7. The maximum Gasteiger partial charge on any atom is 0.237 e. The third-order valence-electron chi connectivity index (χ3n) is 4.43. The topological polar surface area (TPSA) is 44.4 Å². The summed E-state index contributed by atoms with van der Waals surface area (Å²) in [6, 6.07) is 0.358. The van der Waals surface area contributed by atoms with Crippen LogP contribution in [0.15, 0.2) is 0 Å². The zero-order valence-electron chi connectivity index (χ0n) is 14.6. The van der Waals surface area contributed by atoms with Crippen molar-refractivity contribution in [1.82, 2.24) is 15.5 Å². The molecule has 1 aliphatic rings. The summed E-state index contributed by atoms with van der Waals surface area (Å²) in [5.41, 5.74) is 0. The van der Waals surface area contributed by atoms with E-state index >= 15 is 0 Å². The first kappa shape index (κ1) is 18.4. The Hall–Kier alpha value is -0.610. The largest absolute Gasteiger partial charge is 0.355 e. The first-order chi connectivity index (χ1) is 9.91. The molecule has 0 bridgehead atoms. The predicted octanol–water partition coefficient (Wildman–Crippen LogP) is 2.25. The average Bonchev–Trinajstić information content (AvgIpc) is 2.44. The molecule has 4 heteroatoms. The van der Waals surface area contributed by atoms with Crippen molar-refractivity contribution in [3.8, 4) is 0 Å². The van der Waals surface area contributed by atoms with Gasteiger partial charge in [-0.25, -0.2) is 0 Å². The molecule has 1 aliphatic heterocycles. The second-order valence-electron chi connectivity index (χ2n) is 7.15. The standard InChI is InChI=1S/C17H35N3O/c1-13(2)8-10-19-17(21)15(5)20(14(3)4)12-16-7-6-9-18-11-16/h13-16,18H,6-12H2,1-5H3,(H,19,21). The van der Waals surface area contributed by atoms with Crippen LogP contribution in [0.2, 0.25) is 0 Å². The number of carbonyl (C=O) groups excluding carboxylic acids is 1. The van der Waals surface area contributed by atoms with E-state index in [0.717, 1.165) is 32.6 Å². The fraction of sp³-hybridized carbons (Fsp3) is 0.941. The van der Waals surface area contributed by atoms with Crippen molar-refractivity contribution < 1.29 is 4.79 Å². The van der Waals surface area contributed by atoms with E-state index in [4.69, 9.17) is 0 Å². The summed E-state index contributed by atoms with van der Waals surface area (Å²) in [5, 5.41) is 6.56. The summed E-state index contributed by atoms with van der Waals surface area (Å²) in [7, 11) is 0. The van der Waals surface area contributed by atoms with Crippen molar-refractivity contribution in [2.75, 3.05) is 26.2 Å². The number of hydrogen-bond acceptors (Lipinski definition) is 3. The van der Waals surface area contributed by atoms with E-state index in [1.165, 1.54) is 12.8 Å². The third kappa shape index (κ3) is 6.79. The van der Waals surface area contributed by atoms with Crippen LogP contribution < -0.4 is 10.6 Å². The molecule has 1 rings (SSSR count). The number of piperidine rings is 1. The smallest absolute Gasteiger partial charge is 0.237 e. The molecule has 0 saturated carbocycles. The molecule has 124 valence electrons. The third-order valence-corrected chi connectivity index (χ3v) is 4.43. The second kappa shape index (κ2) is 9.42. The zero-order chi connectivity index (χ0) is 15.8. The lowest BCUT2D eigenvalue weighted by Gasteiger charge is -2.36. The van der Waals surface area contributed by atoms with Gasteiger partial charge in [0.2, 0.25) is 5.91 Å². The van der Waals surface area contributed by atoms with Crippen LogP contribution in [0.1, 0.15) is 53.9 Å². The Morgan fingerprint density at radius 3 is 2.52 bits per heavy atom. The quantitative estimate of drug-likeness (QED) is 0.722. The number of carbonyl (C=O) groups is 1. The van der Waals surface area contributed by atoms with Crippen LogP contribution in [0.4, 0.5) is 0 Å². The lowest BCUT2D eigenvalue weighted by atomic mass is 9.97. The van der Waals surface area contributed by atoms with E-state index in [0.29, 0.717) is 17.9 Å². The van der Waals surface area contributed by atoms with E-state index in [9.17, 15) is 4.79 Å². The maximum absolute atomic E-state index is 12.3. The zero-order valence-corrected chi connectivity index (χ0v) is 14.6. The molecule has 0 aromatic heterocycles. The molecule has 2 atom stereocenters. The molecule has 2 unspecified atom stereocenters. The molecule has 4 nitrogen and oxygen atoms in total. The van der Waals surface area contributed by atoms with Crippen LogP contribution in [-0.2, 0) is 4.79 Å². The Morgan fingerprint density at radius 1 is 1.29 bits per heavy atom. The van der Waals surface area contributed by atoms with Crippen molar-refractivity contribution >= 4 is 5.91 Å². The van der Waals surface area contributed by atoms with Crippen LogP contribution in [0.3, 0.4) is 0 Å². The van der Waals surface area contributed by atoms with E-state index in [-0.39, 0.29) is 11.9 Å². The molecule has 1 fully saturated rings. The molecule has 0 radical (unpaired) electrons. The lowest BCUT2D eigenvalue weighted by Crippen LogP contribution is -2.51. The highest BCUT2D eigenvalue weighted by molar-refractivity contribution is 5.81. The lowest BCUT2D eigenvalue weighted by molar-refractivity contribution is -0.126. The van der Waals surface area contributed by atoms with Crippen molar-refractivity contribution in [3.05, 3.63) is 0 Å². The van der Waals surface area contributed by atoms with Gasteiger partial charge in [-0.1, -0.05) is 13.8 Å². The molecule has 1 amide bonds. The Labute approximate surface area is 131 Å². The number of amides is 1. The van der Waals surface area contributed by atoms with Gasteiger partial charge in [-0.15, -0.1) is 0 Å². The van der Waals surface area contributed by atoms with Crippen molar-refractivity contribution in [2.24, 2.45) is 11.8 Å². The van der Waals surface area contributed by atoms with Crippen molar-refractivity contribution in [1.29, 1.82) is 0 Å².